The molecule has 0 atom stereocenters. The Morgan fingerprint density at radius 2 is 1.95 bits per heavy atom. The molecule has 0 aliphatic carbocycles. The molecule has 1 aromatic heterocycles. The van der Waals surface area contributed by atoms with Crippen LogP contribution in [0, 0.1) is 0 Å². The second-order valence-corrected chi connectivity index (χ2v) is 5.05. The molecule has 1 aromatic rings. The molecular formula is C14H20N4O3. The third kappa shape index (κ3) is 4.42. The van der Waals surface area contributed by atoms with Crippen molar-refractivity contribution in [1.29, 1.82) is 0 Å². The van der Waals surface area contributed by atoms with Crippen molar-refractivity contribution in [2.75, 3.05) is 39.3 Å². The first-order chi connectivity index (χ1) is 10.1. The topological polar surface area (TPSA) is 85.5 Å². The fourth-order valence-electron chi connectivity index (χ4n) is 2.27. The van der Waals surface area contributed by atoms with Crippen molar-refractivity contribution in [2.24, 2.45) is 0 Å². The summed E-state index contributed by atoms with van der Waals surface area (Å²) in [5.74, 6) is -0.0883. The largest absolute Gasteiger partial charge is 0.351 e. The summed E-state index contributed by atoms with van der Waals surface area (Å²) in [6, 6.07) is 2.83. The highest BCUT2D eigenvalue weighted by Crippen LogP contribution is 2.01. The first-order valence-corrected chi connectivity index (χ1v) is 7.01. The maximum atomic E-state index is 11.8. The van der Waals surface area contributed by atoms with Gasteiger partial charge in [0.15, 0.2) is 0 Å². The van der Waals surface area contributed by atoms with Gasteiger partial charge < -0.3 is 15.2 Å². The predicted octanol–water partition coefficient (Wildman–Crippen LogP) is -0.731. The van der Waals surface area contributed by atoms with Crippen molar-refractivity contribution < 1.29 is 9.59 Å². The van der Waals surface area contributed by atoms with Crippen molar-refractivity contribution in [3.8, 4) is 0 Å². The van der Waals surface area contributed by atoms with E-state index in [2.05, 4.69) is 15.2 Å². The van der Waals surface area contributed by atoms with Crippen LogP contribution in [0.2, 0.25) is 0 Å². The number of amides is 2. The minimum atomic E-state index is -0.227. The smallest absolute Gasteiger partial charge is 0.252 e. The molecule has 1 aliphatic rings. The zero-order chi connectivity index (χ0) is 15.2. The second kappa shape index (κ2) is 7.03. The summed E-state index contributed by atoms with van der Waals surface area (Å²) in [4.78, 5) is 40.5. The lowest BCUT2D eigenvalue weighted by Crippen LogP contribution is -2.49. The van der Waals surface area contributed by atoms with Crippen LogP contribution in [0.1, 0.15) is 17.3 Å². The Morgan fingerprint density at radius 1 is 1.24 bits per heavy atom. The summed E-state index contributed by atoms with van der Waals surface area (Å²) >= 11 is 0. The number of hydrogen-bond acceptors (Lipinski definition) is 4. The molecule has 0 saturated carbocycles. The maximum absolute atomic E-state index is 11.8. The maximum Gasteiger partial charge on any atom is 0.252 e. The van der Waals surface area contributed by atoms with E-state index in [1.165, 1.54) is 18.3 Å². The Balaban J connectivity index is 1.70. The van der Waals surface area contributed by atoms with Gasteiger partial charge in [-0.25, -0.2) is 0 Å². The van der Waals surface area contributed by atoms with E-state index in [4.69, 9.17) is 0 Å². The summed E-state index contributed by atoms with van der Waals surface area (Å²) < 4.78 is 0. The molecule has 21 heavy (non-hydrogen) atoms. The Bertz CT molecular complexity index is 541. The van der Waals surface area contributed by atoms with Crippen molar-refractivity contribution in [2.45, 2.75) is 6.92 Å². The van der Waals surface area contributed by atoms with Crippen LogP contribution >= 0.6 is 0 Å². The van der Waals surface area contributed by atoms with Gasteiger partial charge in [0.05, 0.1) is 5.56 Å². The Morgan fingerprint density at radius 3 is 2.52 bits per heavy atom. The van der Waals surface area contributed by atoms with Crippen molar-refractivity contribution in [3.05, 3.63) is 34.2 Å². The van der Waals surface area contributed by atoms with Gasteiger partial charge in [0.2, 0.25) is 11.5 Å². The van der Waals surface area contributed by atoms with E-state index in [9.17, 15) is 14.4 Å². The van der Waals surface area contributed by atoms with Crippen LogP contribution in [0.25, 0.3) is 0 Å². The summed E-state index contributed by atoms with van der Waals surface area (Å²) in [5, 5.41) is 2.82. The molecule has 0 radical (unpaired) electrons. The molecule has 0 bridgehead atoms. The average molecular weight is 292 g/mol. The summed E-state index contributed by atoms with van der Waals surface area (Å²) in [7, 11) is 0. The van der Waals surface area contributed by atoms with Gasteiger partial charge in [0.25, 0.3) is 5.91 Å². The van der Waals surface area contributed by atoms with Gasteiger partial charge in [0.1, 0.15) is 0 Å². The normalized spacial score (nSPS) is 15.8. The standard InChI is InChI=1S/C14H20N4O3/c1-11(19)18-8-6-17(7-9-18)5-4-15-14(21)12-2-3-13(20)16-10-12/h2-3,10H,4-9H2,1H3,(H,15,21)(H,16,20). The molecule has 1 saturated heterocycles. The molecular weight excluding hydrogens is 272 g/mol. The van der Waals surface area contributed by atoms with Crippen LogP contribution in [0.4, 0.5) is 0 Å². The molecule has 0 aromatic carbocycles. The molecule has 2 N–H and O–H groups in total. The number of aromatic amines is 1. The van der Waals surface area contributed by atoms with Gasteiger partial charge in [-0.1, -0.05) is 0 Å². The first kappa shape index (κ1) is 15.2. The highest BCUT2D eigenvalue weighted by atomic mass is 16.2. The monoisotopic (exact) mass is 292 g/mol. The Labute approximate surface area is 122 Å². The quantitative estimate of drug-likeness (QED) is 0.766. The van der Waals surface area contributed by atoms with Gasteiger partial charge in [-0.3, -0.25) is 19.3 Å². The third-order valence-electron chi connectivity index (χ3n) is 3.58. The van der Waals surface area contributed by atoms with Gasteiger partial charge >= 0.3 is 0 Å². The minimum Gasteiger partial charge on any atom is -0.351 e. The average Bonchev–Trinajstić information content (AvgIpc) is 2.48. The van der Waals surface area contributed by atoms with Crippen LogP contribution in [-0.4, -0.2) is 65.9 Å². The Kier molecular flexibility index (Phi) is 5.10. The molecule has 0 spiro atoms. The molecule has 2 rings (SSSR count). The number of carbonyl (C=O) groups is 2. The third-order valence-corrected chi connectivity index (χ3v) is 3.58. The summed E-state index contributed by atoms with van der Waals surface area (Å²) in [6.45, 7) is 6.01. The molecule has 114 valence electrons. The Hall–Kier alpha value is -2.15. The van der Waals surface area contributed by atoms with E-state index < -0.39 is 0 Å². The SMILES string of the molecule is CC(=O)N1CCN(CCNC(=O)c2ccc(=O)[nH]c2)CC1. The van der Waals surface area contributed by atoms with Crippen molar-refractivity contribution in [1.82, 2.24) is 20.1 Å². The number of nitrogens with one attached hydrogen (secondary N) is 2. The molecule has 7 nitrogen and oxygen atoms in total. The summed E-state index contributed by atoms with van der Waals surface area (Å²) in [6.07, 6.45) is 1.41. The van der Waals surface area contributed by atoms with Crippen LogP contribution in [-0.2, 0) is 4.79 Å². The van der Waals surface area contributed by atoms with Crippen LogP contribution in [0.3, 0.4) is 0 Å². The predicted molar refractivity (Wildman–Crippen MR) is 78.1 cm³/mol. The minimum absolute atomic E-state index is 0.112. The van der Waals surface area contributed by atoms with E-state index in [0.717, 1.165) is 32.7 Å². The molecule has 7 heteroatoms. The van der Waals surface area contributed by atoms with Crippen LogP contribution in [0.15, 0.2) is 23.1 Å². The number of H-pyrrole nitrogens is 1. The van der Waals surface area contributed by atoms with E-state index in [-0.39, 0.29) is 17.4 Å². The number of piperazine rings is 1. The lowest BCUT2D eigenvalue weighted by molar-refractivity contribution is -0.130. The lowest BCUT2D eigenvalue weighted by Gasteiger charge is -2.34. The molecule has 0 unspecified atom stereocenters. The fourth-order valence-corrected chi connectivity index (χ4v) is 2.27. The summed E-state index contributed by atoms with van der Waals surface area (Å²) in [5.41, 5.74) is 0.214. The number of hydrogen-bond donors (Lipinski definition) is 2. The van der Waals surface area contributed by atoms with Crippen LogP contribution < -0.4 is 10.9 Å². The van der Waals surface area contributed by atoms with Gasteiger partial charge in [0, 0.05) is 58.5 Å². The number of aromatic nitrogens is 1. The van der Waals surface area contributed by atoms with E-state index in [1.807, 2.05) is 4.90 Å². The first-order valence-electron chi connectivity index (χ1n) is 7.01. The van der Waals surface area contributed by atoms with Crippen LogP contribution in [0.5, 0.6) is 0 Å². The molecule has 2 amide bonds. The van der Waals surface area contributed by atoms with E-state index in [1.54, 1.807) is 6.92 Å². The van der Waals surface area contributed by atoms with Gasteiger partial charge in [-0.2, -0.15) is 0 Å². The van der Waals surface area contributed by atoms with Crippen molar-refractivity contribution in [3.63, 3.8) is 0 Å². The lowest BCUT2D eigenvalue weighted by atomic mass is 10.2. The molecule has 2 heterocycles. The van der Waals surface area contributed by atoms with Crippen molar-refractivity contribution >= 4 is 11.8 Å². The number of nitrogens with zero attached hydrogens (tertiary/aromatic N) is 2. The zero-order valence-electron chi connectivity index (χ0n) is 12.1. The number of rotatable bonds is 4. The van der Waals surface area contributed by atoms with Gasteiger partial charge in [-0.15, -0.1) is 0 Å². The van der Waals surface area contributed by atoms with Gasteiger partial charge in [-0.05, 0) is 6.07 Å². The highest BCUT2D eigenvalue weighted by Gasteiger charge is 2.18. The highest BCUT2D eigenvalue weighted by molar-refractivity contribution is 5.93. The number of pyridine rings is 1. The molecule has 1 fully saturated rings. The van der Waals surface area contributed by atoms with E-state index in [0.29, 0.717) is 12.1 Å². The fraction of sp³-hybridized carbons (Fsp3) is 0.500. The molecule has 1 aliphatic heterocycles. The van der Waals surface area contributed by atoms with E-state index >= 15 is 0 Å². The second-order valence-electron chi connectivity index (χ2n) is 5.05. The zero-order valence-corrected chi connectivity index (χ0v) is 12.1. The number of carbonyl (C=O) groups excluding carboxylic acids is 2.